The molecule has 3 amide bonds. The number of hydrogen-bond donors (Lipinski definition) is 16. The van der Waals surface area contributed by atoms with E-state index in [9.17, 15) is 83.5 Å². The zero-order valence-electron chi connectivity index (χ0n) is 59.5. The highest BCUT2D eigenvalue weighted by atomic mass is 32.7. The molecule has 2 aliphatic rings. The average molecular weight is 1670 g/mol. The molecule has 18 atom stereocenters. The highest BCUT2D eigenvalue weighted by Gasteiger charge is 2.47. The summed E-state index contributed by atoms with van der Waals surface area (Å²) in [6.45, 7) is -13.0. The smallest absolute Gasteiger partial charge is 0.394 e. The Balaban J connectivity index is 2.13. The lowest BCUT2D eigenvalue weighted by molar-refractivity contribution is -0.270. The van der Waals surface area contributed by atoms with Crippen molar-refractivity contribution in [2.24, 2.45) is 5.41 Å². The van der Waals surface area contributed by atoms with Crippen LogP contribution < -0.4 is 16.0 Å². The van der Waals surface area contributed by atoms with Gasteiger partial charge in [-0.2, -0.15) is 0 Å². The molecular weight excluding hydrogens is 1550 g/mol. The van der Waals surface area contributed by atoms with Gasteiger partial charge in [0.25, 0.3) is 0 Å². The van der Waals surface area contributed by atoms with E-state index in [1.165, 1.54) is 34.8 Å². The maximum Gasteiger partial charge on any atom is 0.415 e. The van der Waals surface area contributed by atoms with Gasteiger partial charge in [-0.1, -0.05) is 49.6 Å². The Morgan fingerprint density at radius 3 is 1.24 bits per heavy atom. The van der Waals surface area contributed by atoms with Crippen LogP contribution in [0.3, 0.4) is 0 Å². The number of hydrogen-bond acceptors (Lipinski definition) is 35. The second kappa shape index (κ2) is 55.9. The van der Waals surface area contributed by atoms with Crippen molar-refractivity contribution in [1.82, 2.24) is 16.0 Å². The third-order valence-corrected chi connectivity index (χ3v) is 22.2. The first kappa shape index (κ1) is 99.7. The lowest BCUT2D eigenvalue weighted by atomic mass is 9.92. The monoisotopic (exact) mass is 1670 g/mol. The van der Waals surface area contributed by atoms with Gasteiger partial charge in [-0.3, -0.25) is 23.4 Å². The molecule has 38 nitrogen and oxygen atoms in total. The fourth-order valence-corrected chi connectivity index (χ4v) is 15.2. The number of nitrogens with one attached hydrogen (secondary N) is 3. The van der Waals surface area contributed by atoms with Crippen LogP contribution in [0.1, 0.15) is 111 Å². The number of rotatable bonds is 65. The second-order valence-corrected chi connectivity index (χ2v) is 36.5. The summed E-state index contributed by atoms with van der Waals surface area (Å²) in [4.78, 5) is 44.7. The number of aliphatic hydroxyl groups is 9. The Morgan fingerprint density at radius 1 is 0.500 bits per heavy atom. The van der Waals surface area contributed by atoms with Gasteiger partial charge >= 0.3 is 27.2 Å². The molecule has 616 valence electrons. The third kappa shape index (κ3) is 44.2. The maximum absolute atomic E-state index is 13.7. The predicted molar refractivity (Wildman–Crippen MR) is 382 cm³/mol. The Hall–Kier alpha value is -0.390. The lowest BCUT2D eigenvalue weighted by Gasteiger charge is -2.42. The minimum atomic E-state index is -3.93. The number of ether oxygens (including phenoxy) is 10. The van der Waals surface area contributed by atoms with E-state index in [2.05, 4.69) is 52.7 Å². The highest BCUT2D eigenvalue weighted by Crippen LogP contribution is 2.61. The van der Waals surface area contributed by atoms with E-state index in [1.54, 1.807) is 0 Å². The average Bonchev–Trinajstić information content (AvgIpc) is 0.813. The van der Waals surface area contributed by atoms with Crippen molar-refractivity contribution in [3.8, 4) is 0 Å². The number of carbonyl (C=O) groups is 3. The number of unbranched alkanes of at least 4 members (excludes halogenated alkanes) is 6. The first-order valence-corrected chi connectivity index (χ1v) is 45.1. The van der Waals surface area contributed by atoms with E-state index in [4.69, 9.17) is 83.2 Å². The van der Waals surface area contributed by atoms with Crippen molar-refractivity contribution in [2.45, 2.75) is 197 Å². The molecule has 13 N–H and O–H groups in total. The summed E-state index contributed by atoms with van der Waals surface area (Å²) in [5, 5.41) is 97.9. The van der Waals surface area contributed by atoms with Gasteiger partial charge in [0, 0.05) is 67.0 Å². The van der Waals surface area contributed by atoms with Crippen LogP contribution in [0.5, 0.6) is 0 Å². The molecule has 0 saturated carbocycles. The highest BCUT2D eigenvalue weighted by molar-refractivity contribution is 8.52. The molecule has 2 saturated heterocycles. The van der Waals surface area contributed by atoms with Gasteiger partial charge < -0.3 is 141 Å². The van der Waals surface area contributed by atoms with Crippen LogP contribution in [0, 0.1) is 5.41 Å². The largest absolute Gasteiger partial charge is 0.415 e. The van der Waals surface area contributed by atoms with Crippen LogP contribution in [0.25, 0.3) is 0 Å². The Labute approximate surface area is 627 Å². The van der Waals surface area contributed by atoms with Gasteiger partial charge in [-0.05, 0) is 77.6 Å². The fraction of sp³-hybridized carbons (Fsp3) is 0.948. The number of aliphatic hydroxyl groups excluding tert-OH is 9. The molecule has 0 spiro atoms. The van der Waals surface area contributed by atoms with E-state index in [0.717, 1.165) is 0 Å². The summed E-state index contributed by atoms with van der Waals surface area (Å²) in [6.07, 6.45) is -9.21. The molecule has 16 unspecified atom stereocenters. The summed E-state index contributed by atoms with van der Waals surface area (Å²) >= 11 is 12.2. The summed E-state index contributed by atoms with van der Waals surface area (Å²) in [6, 6.07) is -3.28. The Bertz CT molecular complexity index is 2410. The van der Waals surface area contributed by atoms with Crippen LogP contribution in [-0.2, 0) is 116 Å². The van der Waals surface area contributed by atoms with Crippen molar-refractivity contribution in [3.05, 3.63) is 0 Å². The number of carbonyl (C=O) groups excluding carboxylic acids is 3. The molecule has 0 aromatic rings. The molecule has 2 rings (SSSR count). The van der Waals surface area contributed by atoms with Crippen LogP contribution in [-0.4, -0.2) is 307 Å². The summed E-state index contributed by atoms with van der Waals surface area (Å²) < 4.78 is 154. The van der Waals surface area contributed by atoms with Crippen molar-refractivity contribution in [3.63, 3.8) is 0 Å². The molecule has 46 heteroatoms. The first-order valence-electron chi connectivity index (χ1n) is 34.1. The molecular formula is C58H115N3O35P4S4. The predicted octanol–water partition coefficient (Wildman–Crippen LogP) is 2.25. The zero-order chi connectivity index (χ0) is 77.6. The van der Waals surface area contributed by atoms with Crippen LogP contribution in [0.2, 0.25) is 0 Å². The normalized spacial score (nSPS) is 24.9. The van der Waals surface area contributed by atoms with Crippen LogP contribution in [0.4, 0.5) is 0 Å². The minimum absolute atomic E-state index is 0.00402. The molecule has 104 heavy (non-hydrogen) atoms. The molecule has 2 aliphatic heterocycles. The number of amides is 3. The van der Waals surface area contributed by atoms with Crippen LogP contribution >= 0.6 is 75.6 Å². The summed E-state index contributed by atoms with van der Waals surface area (Å²) in [5.74, 6) is -1.50. The van der Waals surface area contributed by atoms with Gasteiger partial charge in [-0.25, -0.2) is 18.3 Å². The van der Waals surface area contributed by atoms with E-state index in [1.807, 2.05) is 0 Å². The molecule has 0 aromatic carbocycles. The quantitative estimate of drug-likeness (QED) is 0.0136. The third-order valence-electron chi connectivity index (χ3n) is 15.0. The zero-order valence-corrected chi connectivity index (χ0v) is 66.6. The van der Waals surface area contributed by atoms with Gasteiger partial charge in [0.2, 0.25) is 17.7 Å². The maximum atomic E-state index is 13.7. The fourth-order valence-electron chi connectivity index (χ4n) is 9.68. The van der Waals surface area contributed by atoms with Crippen molar-refractivity contribution < 1.29 is 167 Å². The van der Waals surface area contributed by atoms with E-state index in [0.29, 0.717) is 69.4 Å². The molecule has 0 aliphatic carbocycles. The molecule has 0 aromatic heterocycles. The minimum Gasteiger partial charge on any atom is -0.394 e. The van der Waals surface area contributed by atoms with Gasteiger partial charge in [-0.15, -0.1) is 0 Å². The molecule has 2 heterocycles. The molecule has 2 fully saturated rings. The van der Waals surface area contributed by atoms with Crippen molar-refractivity contribution in [1.29, 1.82) is 0 Å². The van der Waals surface area contributed by atoms with Crippen molar-refractivity contribution in [2.75, 3.05) is 152 Å². The van der Waals surface area contributed by atoms with E-state index < -0.39 is 163 Å². The lowest BCUT2D eigenvalue weighted by Crippen LogP contribution is -2.64. The Morgan fingerprint density at radius 2 is 0.865 bits per heavy atom. The van der Waals surface area contributed by atoms with E-state index >= 15 is 0 Å². The number of thiol groups is 3. The Kier molecular flexibility index (Phi) is 53.6. The standard InChI is InChI=1S/C58H115N3O35P4S4/c1-41(66)46(34-63)94-55(45(33-62)59-42(2)67)84-23-12-15-29-92-100(78,104-79-5)93-32-18-22-83-40-58(37-80-19-8-6-7-9-26-87-97(74,75)101,38-81-20-16-30-90-98(76,102)88-27-13-10-24-85-56-49(60-43(3)68)53(72)51(70)47(35-64)95-56)39-82-21-17-31-91-99(77,103)89-28-14-11-25-86-57-50(61-44(4)69)54(73)52(71)48(36-65)96-57/h41,45-57,62-66,70-73H,6-40H2,1-5H3,(H,59,67)(H,60,68)(H,61,69)(H,76,102)(H,77,103)(H2,74,75,101)/t41-,45+,46?,47?,48?,49?,50?,51?,52?,53?,54?,55?,56?,57?,58?,98?,99?,100?/m1/s1. The molecule has 0 bridgehead atoms. The topological polar surface area (TPSA) is 524 Å². The first-order chi connectivity index (χ1) is 49.3. The second-order valence-electron chi connectivity index (χ2n) is 24.2. The summed E-state index contributed by atoms with van der Waals surface area (Å²) in [7, 11) is 1.29. The van der Waals surface area contributed by atoms with Gasteiger partial charge in [0.15, 0.2) is 18.9 Å². The SMILES string of the molecule is COSP(=O)(OCCCCOC(OC(CO)[C@@H](C)O)[C@H](CO)NC(C)=O)OCCCOCC(COCCCCCCOP(=O)(O)S)(COCCCOP(=O)(S)OCCCCOC1OC(CO)C(O)C(O)C1NC(C)=O)COCCCOP(=O)(S)OCCCCOC1OC(CO)C(O)C(O)C1NC(C)=O. The van der Waals surface area contributed by atoms with Gasteiger partial charge in [0.1, 0.15) is 72.5 Å². The molecule has 0 radical (unpaired) electrons. The summed E-state index contributed by atoms with van der Waals surface area (Å²) in [5.41, 5.74) is -1.03. The van der Waals surface area contributed by atoms with Crippen LogP contribution in [0.15, 0.2) is 0 Å². The van der Waals surface area contributed by atoms with Gasteiger partial charge in [0.05, 0.1) is 118 Å². The van der Waals surface area contributed by atoms with E-state index in [-0.39, 0.29) is 145 Å². The van der Waals surface area contributed by atoms with Crippen molar-refractivity contribution >= 4 is 93.3 Å².